The van der Waals surface area contributed by atoms with Crippen LogP contribution >= 0.6 is 0 Å². The summed E-state index contributed by atoms with van der Waals surface area (Å²) in [5.74, 6) is -2.06. The number of hydrogen-bond donors (Lipinski definition) is 2. The summed E-state index contributed by atoms with van der Waals surface area (Å²) < 4.78 is 58.3. The lowest BCUT2D eigenvalue weighted by Gasteiger charge is -2.09. The molecule has 6 nitrogen and oxygen atoms in total. The summed E-state index contributed by atoms with van der Waals surface area (Å²) in [5, 5.41) is 2.65. The third-order valence-corrected chi connectivity index (χ3v) is 5.53. The molecule has 1 amide bonds. The van der Waals surface area contributed by atoms with Crippen LogP contribution in [0.4, 0.5) is 20.2 Å². The van der Waals surface area contributed by atoms with E-state index in [4.69, 9.17) is 4.74 Å². The second kappa shape index (κ2) is 9.40. The summed E-state index contributed by atoms with van der Waals surface area (Å²) in [6.45, 7) is 0. The molecule has 2 N–H and O–H groups in total. The van der Waals surface area contributed by atoms with Crippen LogP contribution in [0, 0.1) is 11.6 Å². The Kier molecular flexibility index (Phi) is 6.66. The maximum atomic E-state index is 13.3. The van der Waals surface area contributed by atoms with Crippen molar-refractivity contribution in [2.45, 2.75) is 4.90 Å². The third kappa shape index (κ3) is 5.89. The van der Waals surface area contributed by atoms with Crippen molar-refractivity contribution in [1.82, 2.24) is 0 Å². The number of carbonyl (C=O) groups excluding carboxylic acids is 1. The molecule has 160 valence electrons. The van der Waals surface area contributed by atoms with E-state index < -0.39 is 26.6 Å². The van der Waals surface area contributed by atoms with E-state index in [0.717, 1.165) is 17.7 Å². The van der Waals surface area contributed by atoms with Crippen molar-refractivity contribution in [1.29, 1.82) is 0 Å². The molecule has 0 saturated carbocycles. The largest absolute Gasteiger partial charge is 0.497 e. The molecule has 0 saturated heterocycles. The smallest absolute Gasteiger partial charge is 0.261 e. The Morgan fingerprint density at radius 1 is 0.903 bits per heavy atom. The van der Waals surface area contributed by atoms with Gasteiger partial charge < -0.3 is 10.1 Å². The maximum absolute atomic E-state index is 13.3. The quantitative estimate of drug-likeness (QED) is 0.528. The molecule has 3 aromatic rings. The van der Waals surface area contributed by atoms with Gasteiger partial charge in [-0.15, -0.1) is 0 Å². The first-order valence-corrected chi connectivity index (χ1v) is 10.5. The van der Waals surface area contributed by atoms with Crippen LogP contribution in [0.5, 0.6) is 5.75 Å². The third-order valence-electron chi connectivity index (χ3n) is 4.15. The van der Waals surface area contributed by atoms with Crippen molar-refractivity contribution < 1.29 is 26.7 Å². The van der Waals surface area contributed by atoms with Crippen LogP contribution in [0.25, 0.3) is 6.08 Å². The molecule has 0 fully saturated rings. The lowest BCUT2D eigenvalue weighted by Crippen LogP contribution is -2.13. The van der Waals surface area contributed by atoms with Gasteiger partial charge in [-0.25, -0.2) is 17.2 Å². The fraction of sp³-hybridized carbons (Fsp3) is 0.0455. The first kappa shape index (κ1) is 22.0. The van der Waals surface area contributed by atoms with Crippen molar-refractivity contribution in [2.75, 3.05) is 17.1 Å². The summed E-state index contributed by atoms with van der Waals surface area (Å²) in [7, 11) is -2.53. The molecule has 9 heteroatoms. The van der Waals surface area contributed by atoms with Crippen molar-refractivity contribution in [3.63, 3.8) is 0 Å². The molecule has 0 radical (unpaired) electrons. The van der Waals surface area contributed by atoms with Gasteiger partial charge in [-0.05, 0) is 66.2 Å². The molecule has 3 aromatic carbocycles. The van der Waals surface area contributed by atoms with E-state index in [1.807, 2.05) is 0 Å². The Morgan fingerprint density at radius 2 is 1.55 bits per heavy atom. The van der Waals surface area contributed by atoms with Crippen LogP contribution in [0.2, 0.25) is 0 Å². The zero-order chi connectivity index (χ0) is 22.4. The molecule has 0 aromatic heterocycles. The molecule has 0 aliphatic heterocycles. The molecule has 0 bridgehead atoms. The van der Waals surface area contributed by atoms with Gasteiger partial charge in [0.1, 0.15) is 5.75 Å². The van der Waals surface area contributed by atoms with E-state index in [-0.39, 0.29) is 11.6 Å². The van der Waals surface area contributed by atoms with Gasteiger partial charge in [-0.2, -0.15) is 0 Å². The van der Waals surface area contributed by atoms with Gasteiger partial charge in [0.15, 0.2) is 11.6 Å². The average molecular weight is 444 g/mol. The minimum Gasteiger partial charge on any atom is -0.497 e. The number of sulfonamides is 1. The summed E-state index contributed by atoms with van der Waals surface area (Å²) in [6.07, 6.45) is 3.00. The van der Waals surface area contributed by atoms with E-state index in [0.29, 0.717) is 17.5 Å². The number of carbonyl (C=O) groups is 1. The van der Waals surface area contributed by atoms with Gasteiger partial charge in [0.05, 0.1) is 12.0 Å². The zero-order valence-electron chi connectivity index (χ0n) is 16.3. The Labute approximate surface area is 178 Å². The molecule has 3 rings (SSSR count). The number of anilines is 2. The Bertz CT molecular complexity index is 1210. The van der Waals surface area contributed by atoms with E-state index in [2.05, 4.69) is 10.0 Å². The topological polar surface area (TPSA) is 84.5 Å². The Balaban J connectivity index is 1.62. The highest BCUT2D eigenvalue weighted by molar-refractivity contribution is 7.92. The normalized spacial score (nSPS) is 11.3. The lowest BCUT2D eigenvalue weighted by molar-refractivity contribution is -0.111. The van der Waals surface area contributed by atoms with Crippen LogP contribution in [0.15, 0.2) is 77.7 Å². The molecule has 0 aliphatic carbocycles. The molecule has 0 heterocycles. The molecule has 0 spiro atoms. The van der Waals surface area contributed by atoms with Crippen LogP contribution < -0.4 is 14.8 Å². The van der Waals surface area contributed by atoms with Gasteiger partial charge in [-0.1, -0.05) is 12.1 Å². The number of nitrogens with one attached hydrogen (secondary N) is 2. The first-order chi connectivity index (χ1) is 14.8. The number of methoxy groups -OCH3 is 1. The number of amides is 1. The highest BCUT2D eigenvalue weighted by Gasteiger charge is 2.16. The van der Waals surface area contributed by atoms with E-state index in [1.165, 1.54) is 30.3 Å². The monoisotopic (exact) mass is 444 g/mol. The number of rotatable bonds is 7. The van der Waals surface area contributed by atoms with Gasteiger partial charge in [0.2, 0.25) is 5.91 Å². The van der Waals surface area contributed by atoms with Crippen molar-refractivity contribution in [3.05, 3.63) is 90.0 Å². The van der Waals surface area contributed by atoms with Crippen LogP contribution in [-0.4, -0.2) is 21.4 Å². The van der Waals surface area contributed by atoms with Crippen molar-refractivity contribution in [2.24, 2.45) is 0 Å². The predicted octanol–water partition coefficient (Wildman–Crippen LogP) is 4.43. The highest BCUT2D eigenvalue weighted by Crippen LogP contribution is 2.20. The minimum absolute atomic E-state index is 0.191. The molecule has 31 heavy (non-hydrogen) atoms. The number of benzene rings is 3. The molecule has 0 unspecified atom stereocenters. The predicted molar refractivity (Wildman–Crippen MR) is 114 cm³/mol. The summed E-state index contributed by atoms with van der Waals surface area (Å²) >= 11 is 0. The molecule has 0 aliphatic rings. The van der Waals surface area contributed by atoms with Gasteiger partial charge in [0, 0.05) is 17.5 Å². The fourth-order valence-electron chi connectivity index (χ4n) is 2.55. The number of hydrogen-bond acceptors (Lipinski definition) is 4. The van der Waals surface area contributed by atoms with Gasteiger partial charge in [0.25, 0.3) is 10.0 Å². The summed E-state index contributed by atoms with van der Waals surface area (Å²) in [4.78, 5) is 11.7. The Morgan fingerprint density at radius 3 is 2.16 bits per heavy atom. The SMILES string of the molecule is COc1ccc(/C=C/C(=O)Nc2ccc(NS(=O)(=O)c3ccc(F)c(F)c3)cc2)cc1. The van der Waals surface area contributed by atoms with Gasteiger partial charge in [-0.3, -0.25) is 9.52 Å². The van der Waals surface area contributed by atoms with Crippen LogP contribution in [0.1, 0.15) is 5.56 Å². The van der Waals surface area contributed by atoms with Crippen molar-refractivity contribution >= 4 is 33.4 Å². The second-order valence-electron chi connectivity index (χ2n) is 6.35. The lowest BCUT2D eigenvalue weighted by atomic mass is 10.2. The zero-order valence-corrected chi connectivity index (χ0v) is 17.1. The van der Waals surface area contributed by atoms with Crippen LogP contribution in [-0.2, 0) is 14.8 Å². The number of halogens is 2. The molecule has 0 atom stereocenters. The van der Waals surface area contributed by atoms with Gasteiger partial charge >= 0.3 is 0 Å². The Hall–Kier alpha value is -3.72. The average Bonchev–Trinajstić information content (AvgIpc) is 2.75. The highest BCUT2D eigenvalue weighted by atomic mass is 32.2. The van der Waals surface area contributed by atoms with Crippen molar-refractivity contribution in [3.8, 4) is 5.75 Å². The van der Waals surface area contributed by atoms with E-state index in [9.17, 15) is 22.0 Å². The maximum Gasteiger partial charge on any atom is 0.261 e. The van der Waals surface area contributed by atoms with Crippen LogP contribution in [0.3, 0.4) is 0 Å². The van der Waals surface area contributed by atoms with E-state index in [1.54, 1.807) is 37.5 Å². The molecular formula is C22H18F2N2O4S. The summed E-state index contributed by atoms with van der Waals surface area (Å²) in [6, 6.07) is 15.3. The first-order valence-electron chi connectivity index (χ1n) is 8.98. The second-order valence-corrected chi connectivity index (χ2v) is 8.04. The number of ether oxygens (including phenoxy) is 1. The minimum atomic E-state index is -4.10. The standard InChI is InChI=1S/C22H18F2N2O4S/c1-30-18-9-2-15(3-10-18)4-13-22(27)25-16-5-7-17(8-6-16)26-31(28,29)19-11-12-20(23)21(24)14-19/h2-14,26H,1H3,(H,25,27)/b13-4+. The fourth-order valence-corrected chi connectivity index (χ4v) is 3.62. The summed E-state index contributed by atoms with van der Waals surface area (Å²) in [5.41, 5.74) is 1.45. The van der Waals surface area contributed by atoms with E-state index >= 15 is 0 Å². The molecular weight excluding hydrogens is 426 g/mol.